The predicted octanol–water partition coefficient (Wildman–Crippen LogP) is 12.0. The molecule has 0 saturated heterocycles. The molecule has 0 bridgehead atoms. The second-order valence-electron chi connectivity index (χ2n) is 9.49. The molecule has 9 aromatic rings. The highest BCUT2D eigenvalue weighted by Crippen LogP contribution is 2.46. The minimum Gasteiger partial charge on any atom is -0.455 e. The first-order valence-electron chi connectivity index (χ1n) is 24.4. The summed E-state index contributed by atoms with van der Waals surface area (Å²) >= 11 is 0. The average Bonchev–Trinajstić information content (AvgIpc) is 3.69. The summed E-state index contributed by atoms with van der Waals surface area (Å²) in [4.78, 5) is 0. The lowest BCUT2D eigenvalue weighted by Crippen LogP contribution is -1.91. The normalized spacial score (nSPS) is 19.2. The SMILES string of the molecule is [2H]c1c([2H])c(-c2c([2H])c([2H])c3c([2H])c([2H])c([2H])c([2H])c3c2[2H])c([2H])c(-c2c3c([2H])c([2H])c([2H])c([2H])c3c(-c3cccc4c3oc3c([2H])c([2H])c([2H])c([2H])c34)c3c([2H])c([2H])c([2H])c([2H])c23)c1[2H]. The van der Waals surface area contributed by atoms with Crippen molar-refractivity contribution < 1.29 is 35.9 Å². The van der Waals surface area contributed by atoms with Crippen molar-refractivity contribution in [3.63, 3.8) is 0 Å². The molecule has 0 N–H and O–H groups in total. The summed E-state index contributed by atoms with van der Waals surface area (Å²) in [6.07, 6.45) is 0. The van der Waals surface area contributed by atoms with Crippen LogP contribution < -0.4 is 0 Å². The second kappa shape index (κ2) is 9.44. The zero-order chi connectivity index (χ0) is 48.3. The highest BCUT2D eigenvalue weighted by atomic mass is 16.3. The molecule has 200 valence electrons. The lowest BCUT2D eigenvalue weighted by atomic mass is 9.85. The zero-order valence-electron chi connectivity index (χ0n) is 44.6. The molecule has 0 fully saturated rings. The number of hydrogen-bond donors (Lipinski definition) is 0. The molecule has 0 aliphatic heterocycles. The second-order valence-corrected chi connectivity index (χ2v) is 9.49. The lowest BCUT2D eigenvalue weighted by Gasteiger charge is -2.18. The Hall–Kier alpha value is -5.66. The van der Waals surface area contributed by atoms with E-state index >= 15 is 0 Å². The fourth-order valence-electron chi connectivity index (χ4n) is 5.35. The maximum absolute atomic E-state index is 9.73. The highest BCUT2D eigenvalue weighted by Gasteiger charge is 2.20. The van der Waals surface area contributed by atoms with Gasteiger partial charge in [-0.25, -0.2) is 0 Å². The van der Waals surface area contributed by atoms with Crippen LogP contribution in [0.4, 0.5) is 0 Å². The summed E-state index contributed by atoms with van der Waals surface area (Å²) in [5.74, 6) is 0. The Morgan fingerprint density at radius 1 is 0.419 bits per heavy atom. The zero-order valence-corrected chi connectivity index (χ0v) is 21.6. The smallest absolute Gasteiger partial charge is 0.143 e. The van der Waals surface area contributed by atoms with E-state index in [2.05, 4.69) is 0 Å². The molecule has 0 radical (unpaired) electrons. The lowest BCUT2D eigenvalue weighted by molar-refractivity contribution is 0.670. The predicted molar refractivity (Wildman–Crippen MR) is 183 cm³/mol. The molecule has 0 amide bonds. The van der Waals surface area contributed by atoms with Crippen LogP contribution in [0.25, 0.3) is 87.6 Å². The first kappa shape index (κ1) is 10.6. The van der Waals surface area contributed by atoms with Crippen molar-refractivity contribution in [2.24, 2.45) is 0 Å². The van der Waals surface area contributed by atoms with Crippen LogP contribution in [0.15, 0.2) is 162 Å². The van der Waals surface area contributed by atoms with Crippen LogP contribution in [-0.4, -0.2) is 0 Å². The van der Waals surface area contributed by atoms with E-state index in [9.17, 15) is 9.60 Å². The van der Waals surface area contributed by atoms with Gasteiger partial charge in [0.05, 0.1) is 31.5 Å². The maximum Gasteiger partial charge on any atom is 0.143 e. The van der Waals surface area contributed by atoms with Gasteiger partial charge in [0.1, 0.15) is 11.2 Å². The molecule has 9 rings (SSSR count). The van der Waals surface area contributed by atoms with Crippen LogP contribution in [0.2, 0.25) is 0 Å². The van der Waals surface area contributed by atoms with Crippen molar-refractivity contribution in [1.29, 1.82) is 0 Å². The third kappa shape index (κ3) is 3.72. The van der Waals surface area contributed by atoms with Gasteiger partial charge in [0.15, 0.2) is 0 Å². The first-order chi connectivity index (χ1) is 30.9. The number of benzene rings is 8. The summed E-state index contributed by atoms with van der Waals surface area (Å²) in [6.45, 7) is 0. The Bertz CT molecular complexity index is 3720. The van der Waals surface area contributed by atoms with Crippen molar-refractivity contribution in [2.75, 3.05) is 0 Å². The number of rotatable bonds is 3. The van der Waals surface area contributed by atoms with Crippen LogP contribution in [-0.2, 0) is 0 Å². The topological polar surface area (TPSA) is 13.1 Å². The molecule has 8 aromatic carbocycles. The molecule has 0 unspecified atom stereocenters. The molecule has 1 heterocycles. The van der Waals surface area contributed by atoms with Crippen molar-refractivity contribution in [3.05, 3.63) is 157 Å². The Labute approximate surface area is 281 Å². The number of hydrogen-bond acceptors (Lipinski definition) is 1. The monoisotopic (exact) mass is 569 g/mol. The van der Waals surface area contributed by atoms with Crippen LogP contribution in [0, 0.1) is 0 Å². The van der Waals surface area contributed by atoms with Crippen molar-refractivity contribution in [1.82, 2.24) is 0 Å². The molecule has 1 nitrogen and oxygen atoms in total. The van der Waals surface area contributed by atoms with Gasteiger partial charge in [-0.1, -0.05) is 139 Å². The minimum absolute atomic E-state index is 0.0572. The van der Waals surface area contributed by atoms with E-state index in [0.29, 0.717) is 0 Å². The molecule has 1 aromatic heterocycles. The molecule has 0 aliphatic rings. The molecule has 0 saturated carbocycles. The van der Waals surface area contributed by atoms with Gasteiger partial charge < -0.3 is 4.42 Å². The average molecular weight is 570 g/mol. The Morgan fingerprint density at radius 3 is 1.79 bits per heavy atom. The van der Waals surface area contributed by atoms with Gasteiger partial charge in [-0.2, -0.15) is 0 Å². The van der Waals surface area contributed by atoms with Crippen molar-refractivity contribution in [2.45, 2.75) is 0 Å². The Kier molecular flexibility index (Phi) is 2.32. The van der Waals surface area contributed by atoms with Crippen LogP contribution in [0.5, 0.6) is 0 Å². The van der Waals surface area contributed by atoms with E-state index in [1.165, 1.54) is 18.2 Å². The third-order valence-electron chi connectivity index (χ3n) is 7.16. The molecule has 0 atom stereocenters. The number of fused-ring (bicyclic) bond motifs is 6. The fourth-order valence-corrected chi connectivity index (χ4v) is 5.35. The summed E-state index contributed by atoms with van der Waals surface area (Å²) in [7, 11) is 0. The maximum atomic E-state index is 9.73. The minimum atomic E-state index is -0.990. The standard InChI is InChI=1S/C42H26O/c1-2-12-28-25-30(24-23-27(28)11-1)29-13-9-14-31(26-29)40-33-16-3-5-18-35(33)41(36-19-6-4-17-34(36)40)38-21-10-20-37-32-15-7-8-22-39(32)43-42(37)38/h1-26H/i1D,2D,3D,4D,5D,6D,7D,8D,9D,11D,12D,13D,14D,15D,16D,17D,18D,19D,22D,23D,24D,25D,26D. The van der Waals surface area contributed by atoms with Gasteiger partial charge in [0.25, 0.3) is 0 Å². The molecular formula is C42H26O. The molecule has 1 heteroatoms. The van der Waals surface area contributed by atoms with Gasteiger partial charge in [0.2, 0.25) is 0 Å². The van der Waals surface area contributed by atoms with Crippen molar-refractivity contribution in [3.8, 4) is 33.4 Å². The first-order valence-corrected chi connectivity index (χ1v) is 12.9. The van der Waals surface area contributed by atoms with Gasteiger partial charge in [-0.3, -0.25) is 0 Å². The highest BCUT2D eigenvalue weighted by molar-refractivity contribution is 6.24. The van der Waals surface area contributed by atoms with E-state index in [1.54, 1.807) is 0 Å². The summed E-state index contributed by atoms with van der Waals surface area (Å²) in [5, 5.41) is -3.05. The molecule has 0 spiro atoms. The van der Waals surface area contributed by atoms with E-state index in [0.717, 1.165) is 0 Å². The van der Waals surface area contributed by atoms with Gasteiger partial charge >= 0.3 is 0 Å². The van der Waals surface area contributed by atoms with E-state index < -0.39 is 194 Å². The van der Waals surface area contributed by atoms with Crippen LogP contribution in [0.1, 0.15) is 31.5 Å². The number of furan rings is 1. The molecular weight excluding hydrogens is 520 g/mol. The van der Waals surface area contributed by atoms with Gasteiger partial charge in [0, 0.05) is 21.9 Å². The third-order valence-corrected chi connectivity index (χ3v) is 7.16. The Balaban J connectivity index is 1.57. The summed E-state index contributed by atoms with van der Waals surface area (Å²) < 4.78 is 211. The quantitative estimate of drug-likeness (QED) is 0.193. The summed E-state index contributed by atoms with van der Waals surface area (Å²) in [5.41, 5.74) is -3.73. The van der Waals surface area contributed by atoms with Crippen LogP contribution in [0.3, 0.4) is 0 Å². The fraction of sp³-hybridized carbons (Fsp3) is 0. The van der Waals surface area contributed by atoms with Crippen LogP contribution >= 0.6 is 0 Å². The van der Waals surface area contributed by atoms with Gasteiger partial charge in [-0.05, 0) is 72.7 Å². The molecule has 0 aliphatic carbocycles. The van der Waals surface area contributed by atoms with E-state index in [4.69, 9.17) is 26.3 Å². The van der Waals surface area contributed by atoms with E-state index in [1.807, 2.05) is 0 Å². The van der Waals surface area contributed by atoms with Crippen molar-refractivity contribution >= 4 is 54.3 Å². The van der Waals surface area contributed by atoms with Gasteiger partial charge in [-0.15, -0.1) is 0 Å². The summed E-state index contributed by atoms with van der Waals surface area (Å²) in [6, 6.07) is -14.2. The Morgan fingerprint density at radius 2 is 1.02 bits per heavy atom. The van der Waals surface area contributed by atoms with E-state index in [-0.39, 0.29) is 33.1 Å². The molecule has 43 heavy (non-hydrogen) atoms. The number of para-hydroxylation sites is 2. The largest absolute Gasteiger partial charge is 0.455 e.